The van der Waals surface area contributed by atoms with Crippen LogP contribution in [0.25, 0.3) is 0 Å². The van der Waals surface area contributed by atoms with E-state index in [0.29, 0.717) is 6.04 Å². The van der Waals surface area contributed by atoms with Gasteiger partial charge in [0.2, 0.25) is 0 Å². The molecule has 1 N–H and O–H groups in total. The molecular weight excluding hydrogens is 284 g/mol. The van der Waals surface area contributed by atoms with E-state index in [2.05, 4.69) is 17.2 Å². The van der Waals surface area contributed by atoms with Gasteiger partial charge in [0, 0.05) is 32.2 Å². The van der Waals surface area contributed by atoms with Gasteiger partial charge >= 0.3 is 5.97 Å². The Labute approximate surface area is 122 Å². The van der Waals surface area contributed by atoms with E-state index in [1.54, 1.807) is 18.3 Å². The van der Waals surface area contributed by atoms with Crippen LogP contribution in [-0.2, 0) is 4.79 Å². The van der Waals surface area contributed by atoms with E-state index in [1.165, 1.54) is 5.56 Å². The first-order valence-corrected chi connectivity index (χ1v) is 7.69. The van der Waals surface area contributed by atoms with Crippen molar-refractivity contribution in [2.24, 2.45) is 0 Å². The first-order valence-electron chi connectivity index (χ1n) is 6.44. The molecule has 19 heavy (non-hydrogen) atoms. The Kier molecular flexibility index (Phi) is 4.84. The number of carboxylic acids is 1. The Morgan fingerprint density at radius 3 is 2.37 bits per heavy atom. The normalized spacial score (nSPS) is 21.2. The van der Waals surface area contributed by atoms with Gasteiger partial charge in [0.15, 0.2) is 0 Å². The van der Waals surface area contributed by atoms with Crippen LogP contribution in [0.5, 0.6) is 0 Å². The summed E-state index contributed by atoms with van der Waals surface area (Å²) < 4.78 is 0.819. The monoisotopic (exact) mass is 302 g/mol. The molecule has 2 heterocycles. The van der Waals surface area contributed by atoms with Crippen LogP contribution in [0.4, 0.5) is 0 Å². The van der Waals surface area contributed by atoms with Crippen molar-refractivity contribution in [1.29, 1.82) is 0 Å². The third-order valence-corrected chi connectivity index (χ3v) is 4.98. The Balaban J connectivity index is 1.91. The summed E-state index contributed by atoms with van der Waals surface area (Å²) in [5.74, 6) is -0.744. The molecule has 1 aliphatic heterocycles. The number of thiophene rings is 1. The topological polar surface area (TPSA) is 43.8 Å². The second-order valence-corrected chi connectivity index (χ2v) is 6.49. The zero-order valence-electron chi connectivity index (χ0n) is 11.2. The number of hydrogen-bond donors (Lipinski definition) is 1. The van der Waals surface area contributed by atoms with E-state index < -0.39 is 12.0 Å². The van der Waals surface area contributed by atoms with Crippen LogP contribution < -0.4 is 0 Å². The average molecular weight is 303 g/mol. The van der Waals surface area contributed by atoms with E-state index >= 15 is 0 Å². The Morgan fingerprint density at radius 1 is 1.32 bits per heavy atom. The van der Waals surface area contributed by atoms with Crippen molar-refractivity contribution in [2.45, 2.75) is 25.9 Å². The second kappa shape index (κ2) is 6.22. The molecule has 1 saturated heterocycles. The van der Waals surface area contributed by atoms with Gasteiger partial charge in [-0.2, -0.15) is 0 Å². The lowest BCUT2D eigenvalue weighted by Crippen LogP contribution is -2.52. The van der Waals surface area contributed by atoms with Crippen molar-refractivity contribution in [3.63, 3.8) is 0 Å². The second-order valence-electron chi connectivity index (χ2n) is 4.95. The molecule has 2 unspecified atom stereocenters. The number of aliphatic carboxylic acids is 1. The summed E-state index contributed by atoms with van der Waals surface area (Å²) in [7, 11) is 0. The van der Waals surface area contributed by atoms with Gasteiger partial charge in [-0.3, -0.25) is 14.6 Å². The van der Waals surface area contributed by atoms with E-state index in [4.69, 9.17) is 16.7 Å². The molecule has 0 spiro atoms. The minimum Gasteiger partial charge on any atom is -0.480 e. The van der Waals surface area contributed by atoms with Gasteiger partial charge in [-0.15, -0.1) is 11.3 Å². The van der Waals surface area contributed by atoms with Crippen LogP contribution in [0.15, 0.2) is 11.4 Å². The molecule has 4 nitrogen and oxygen atoms in total. The molecule has 1 fully saturated rings. The third kappa shape index (κ3) is 3.48. The van der Waals surface area contributed by atoms with E-state index in [9.17, 15) is 4.79 Å². The number of piperazine rings is 1. The minimum absolute atomic E-state index is 0.339. The predicted octanol–water partition coefficient (Wildman–Crippen LogP) is 2.55. The van der Waals surface area contributed by atoms with Crippen LogP contribution in [0.2, 0.25) is 4.34 Å². The van der Waals surface area contributed by atoms with Gasteiger partial charge in [0.25, 0.3) is 0 Å². The summed E-state index contributed by atoms with van der Waals surface area (Å²) in [5.41, 5.74) is 1.25. The molecule has 2 atom stereocenters. The van der Waals surface area contributed by atoms with Crippen LogP contribution in [-0.4, -0.2) is 53.1 Å². The number of carbonyl (C=O) groups is 1. The highest BCUT2D eigenvalue weighted by molar-refractivity contribution is 7.14. The molecule has 1 aromatic heterocycles. The fourth-order valence-electron chi connectivity index (χ4n) is 2.42. The molecule has 1 aliphatic rings. The molecule has 6 heteroatoms. The van der Waals surface area contributed by atoms with Gasteiger partial charge in [0.05, 0.1) is 4.34 Å². The summed E-state index contributed by atoms with van der Waals surface area (Å²) in [5, 5.41) is 11.1. The Morgan fingerprint density at radius 2 is 1.89 bits per heavy atom. The largest absolute Gasteiger partial charge is 0.480 e. The van der Waals surface area contributed by atoms with Crippen molar-refractivity contribution in [2.75, 3.05) is 26.2 Å². The maximum absolute atomic E-state index is 11.0. The van der Waals surface area contributed by atoms with Crippen molar-refractivity contribution < 1.29 is 9.90 Å². The zero-order chi connectivity index (χ0) is 14.0. The highest BCUT2D eigenvalue weighted by Gasteiger charge is 2.27. The van der Waals surface area contributed by atoms with Crippen molar-refractivity contribution in [1.82, 2.24) is 9.80 Å². The van der Waals surface area contributed by atoms with Gasteiger partial charge in [-0.1, -0.05) is 11.6 Å². The van der Waals surface area contributed by atoms with Gasteiger partial charge in [-0.25, -0.2) is 0 Å². The maximum Gasteiger partial charge on any atom is 0.320 e. The Bertz CT molecular complexity index is 444. The van der Waals surface area contributed by atoms with Crippen LogP contribution in [0, 0.1) is 0 Å². The number of rotatable bonds is 4. The smallest absolute Gasteiger partial charge is 0.320 e. The summed E-state index contributed by atoms with van der Waals surface area (Å²) in [6.07, 6.45) is 0. The zero-order valence-corrected chi connectivity index (χ0v) is 12.7. The van der Waals surface area contributed by atoms with Gasteiger partial charge in [0.1, 0.15) is 6.04 Å². The van der Waals surface area contributed by atoms with Crippen molar-refractivity contribution in [3.05, 3.63) is 21.3 Å². The molecule has 0 aliphatic carbocycles. The average Bonchev–Trinajstić information content (AvgIpc) is 2.84. The Hall–Kier alpha value is -0.620. The number of carboxylic acid groups (broad SMARTS) is 1. The summed E-state index contributed by atoms with van der Waals surface area (Å²) in [6, 6.07) is 1.96. The van der Waals surface area contributed by atoms with Crippen molar-refractivity contribution >= 4 is 28.9 Å². The van der Waals surface area contributed by atoms with E-state index in [1.807, 2.05) is 11.0 Å². The molecule has 106 valence electrons. The third-order valence-electron chi connectivity index (χ3n) is 3.87. The fourth-order valence-corrected chi connectivity index (χ4v) is 3.40. The van der Waals surface area contributed by atoms with E-state index in [-0.39, 0.29) is 0 Å². The van der Waals surface area contributed by atoms with Crippen molar-refractivity contribution in [3.8, 4) is 0 Å². The molecule has 0 radical (unpaired) electrons. The van der Waals surface area contributed by atoms with Crippen LogP contribution in [0.3, 0.4) is 0 Å². The molecule has 0 bridgehead atoms. The minimum atomic E-state index is -0.744. The standard InChI is InChI=1S/C13H19ClN2O2S/c1-9(11-7-12(14)19-8-11)15-3-5-16(6-4-15)10(2)13(17)18/h7-10H,3-6H2,1-2H3,(H,17,18). The SMILES string of the molecule is CC(C(=O)O)N1CCN(C(C)c2csc(Cl)c2)CC1. The first kappa shape index (κ1) is 14.8. The summed E-state index contributed by atoms with van der Waals surface area (Å²) in [4.78, 5) is 15.4. The number of hydrogen-bond acceptors (Lipinski definition) is 4. The molecule has 2 rings (SSSR count). The van der Waals surface area contributed by atoms with Gasteiger partial charge in [-0.05, 0) is 30.9 Å². The first-order chi connectivity index (χ1) is 8.99. The number of nitrogens with zero attached hydrogens (tertiary/aromatic N) is 2. The van der Waals surface area contributed by atoms with Crippen LogP contribution in [0.1, 0.15) is 25.5 Å². The molecule has 0 amide bonds. The van der Waals surface area contributed by atoms with Gasteiger partial charge < -0.3 is 5.11 Å². The highest BCUT2D eigenvalue weighted by Crippen LogP contribution is 2.28. The quantitative estimate of drug-likeness (QED) is 0.928. The molecule has 0 aromatic carbocycles. The highest BCUT2D eigenvalue weighted by atomic mass is 35.5. The number of halogens is 1. The summed E-state index contributed by atoms with van der Waals surface area (Å²) >= 11 is 7.53. The molecule has 0 saturated carbocycles. The lowest BCUT2D eigenvalue weighted by molar-refractivity contribution is -0.143. The van der Waals surface area contributed by atoms with Crippen LogP contribution >= 0.6 is 22.9 Å². The molecular formula is C13H19ClN2O2S. The lowest BCUT2D eigenvalue weighted by atomic mass is 10.1. The molecule has 1 aromatic rings. The fraction of sp³-hybridized carbons (Fsp3) is 0.615. The maximum atomic E-state index is 11.0. The lowest BCUT2D eigenvalue weighted by Gasteiger charge is -2.39. The summed E-state index contributed by atoms with van der Waals surface area (Å²) in [6.45, 7) is 7.32. The predicted molar refractivity (Wildman–Crippen MR) is 78.0 cm³/mol. The van der Waals surface area contributed by atoms with E-state index in [0.717, 1.165) is 30.5 Å².